The minimum atomic E-state index is -0.940. The summed E-state index contributed by atoms with van der Waals surface area (Å²) in [6.45, 7) is 5.86. The van der Waals surface area contributed by atoms with Crippen molar-refractivity contribution in [3.8, 4) is 5.75 Å². The monoisotopic (exact) mass is 574 g/mol. The van der Waals surface area contributed by atoms with E-state index in [9.17, 15) is 19.5 Å². The van der Waals surface area contributed by atoms with Gasteiger partial charge in [0.1, 0.15) is 5.75 Å². The van der Waals surface area contributed by atoms with Crippen LogP contribution in [0.15, 0.2) is 72.8 Å². The van der Waals surface area contributed by atoms with Gasteiger partial charge in [-0.1, -0.05) is 56.3 Å². The number of hydrogen-bond acceptors (Lipinski definition) is 6. The zero-order valence-corrected chi connectivity index (χ0v) is 24.6. The second-order valence-electron chi connectivity index (χ2n) is 10.3. The number of hydrogen-bond donors (Lipinski definition) is 4. The molecule has 0 bridgehead atoms. The van der Waals surface area contributed by atoms with Gasteiger partial charge in [0.05, 0.1) is 19.3 Å². The molecule has 9 heteroatoms. The van der Waals surface area contributed by atoms with Crippen molar-refractivity contribution in [2.45, 2.75) is 51.8 Å². The fourth-order valence-corrected chi connectivity index (χ4v) is 4.71. The highest BCUT2D eigenvalue weighted by Gasteiger charge is 2.24. The first-order valence-corrected chi connectivity index (χ1v) is 14.4. The van der Waals surface area contributed by atoms with Crippen LogP contribution in [-0.4, -0.2) is 66.6 Å². The summed E-state index contributed by atoms with van der Waals surface area (Å²) in [4.78, 5) is 40.7. The Bertz CT molecular complexity index is 1310. The molecule has 0 unspecified atom stereocenters. The zero-order valence-electron chi connectivity index (χ0n) is 24.6. The van der Waals surface area contributed by atoms with Gasteiger partial charge in [-0.25, -0.2) is 0 Å². The molecular weight excluding hydrogens is 532 g/mol. The molecule has 0 aliphatic carbocycles. The van der Waals surface area contributed by atoms with E-state index in [1.807, 2.05) is 68.4 Å². The molecular formula is C33H42N4O5. The highest BCUT2D eigenvalue weighted by atomic mass is 16.5. The Hall–Kier alpha value is -4.21. The van der Waals surface area contributed by atoms with Crippen molar-refractivity contribution in [1.29, 1.82) is 0 Å². The van der Waals surface area contributed by atoms with Crippen LogP contribution in [0.1, 0.15) is 68.9 Å². The minimum absolute atomic E-state index is 0.0655. The molecule has 0 spiro atoms. The molecule has 9 nitrogen and oxygen atoms in total. The van der Waals surface area contributed by atoms with E-state index in [1.165, 1.54) is 18.2 Å². The molecule has 0 aliphatic heterocycles. The first-order chi connectivity index (χ1) is 20.2. The average molecular weight is 575 g/mol. The lowest BCUT2D eigenvalue weighted by Gasteiger charge is -2.25. The van der Waals surface area contributed by atoms with Crippen LogP contribution in [0.5, 0.6) is 5.75 Å². The van der Waals surface area contributed by atoms with E-state index < -0.39 is 24.0 Å². The Kier molecular flexibility index (Phi) is 12.5. The third kappa shape index (κ3) is 9.43. The van der Waals surface area contributed by atoms with Gasteiger partial charge < -0.3 is 31.1 Å². The number of methoxy groups -OCH3 is 1. The van der Waals surface area contributed by atoms with Gasteiger partial charge in [-0.05, 0) is 60.7 Å². The van der Waals surface area contributed by atoms with Gasteiger partial charge in [-0.3, -0.25) is 14.4 Å². The number of carbonyl (C=O) groups is 3. The van der Waals surface area contributed by atoms with Gasteiger partial charge in [0.15, 0.2) is 0 Å². The number of aliphatic hydroxyl groups is 1. The first kappa shape index (κ1) is 32.3. The van der Waals surface area contributed by atoms with Crippen molar-refractivity contribution in [3.05, 3.63) is 101 Å². The molecule has 2 atom stereocenters. The Balaban J connectivity index is 1.85. The van der Waals surface area contributed by atoms with Gasteiger partial charge in [0.25, 0.3) is 11.8 Å². The lowest BCUT2D eigenvalue weighted by Crippen LogP contribution is -2.48. The summed E-state index contributed by atoms with van der Waals surface area (Å²) in [6, 6.07) is 20.8. The number of benzene rings is 3. The Morgan fingerprint density at radius 1 is 0.881 bits per heavy atom. The lowest BCUT2D eigenvalue weighted by atomic mass is 9.99. The summed E-state index contributed by atoms with van der Waals surface area (Å²) >= 11 is 0. The van der Waals surface area contributed by atoms with E-state index in [0.29, 0.717) is 31.8 Å². The second-order valence-corrected chi connectivity index (χ2v) is 10.3. The van der Waals surface area contributed by atoms with Crippen molar-refractivity contribution in [2.24, 2.45) is 5.73 Å². The summed E-state index contributed by atoms with van der Waals surface area (Å²) in [5.74, 6) is -0.831. The lowest BCUT2D eigenvalue weighted by molar-refractivity contribution is 0.0755. The molecule has 224 valence electrons. The number of ether oxygens (including phenoxy) is 1. The van der Waals surface area contributed by atoms with E-state index in [1.54, 1.807) is 12.0 Å². The van der Waals surface area contributed by atoms with E-state index in [2.05, 4.69) is 10.6 Å². The molecule has 0 saturated heterocycles. The fraction of sp³-hybridized carbons (Fsp3) is 0.364. The summed E-state index contributed by atoms with van der Waals surface area (Å²) in [6.07, 6.45) is 0.951. The van der Waals surface area contributed by atoms with E-state index in [0.717, 1.165) is 24.0 Å². The van der Waals surface area contributed by atoms with Crippen LogP contribution in [0.3, 0.4) is 0 Å². The second kappa shape index (κ2) is 16.3. The molecule has 0 heterocycles. The largest absolute Gasteiger partial charge is 0.497 e. The van der Waals surface area contributed by atoms with Gasteiger partial charge in [-0.15, -0.1) is 0 Å². The zero-order chi connectivity index (χ0) is 30.5. The van der Waals surface area contributed by atoms with E-state index in [4.69, 9.17) is 10.5 Å². The van der Waals surface area contributed by atoms with E-state index >= 15 is 0 Å². The number of nitrogens with two attached hydrogens (primary N) is 1. The number of carbonyl (C=O) groups excluding carboxylic acids is 3. The van der Waals surface area contributed by atoms with Crippen LogP contribution in [0.25, 0.3) is 0 Å². The standard InChI is InChI=1S/C33H42N4O5/c1-4-15-37(16-5-2)33(41)27-19-25(31(34)39)18-26(20-27)32(40)36-29(17-23-11-13-28(42-3)14-12-23)30(38)22-35-21-24-9-7-6-8-10-24/h6-14,18-20,29-30,35,38H,4-5,15-17,21-22H2,1-3H3,(H2,34,39)(H,36,40)/t29-,30+/m0/s1. The maximum Gasteiger partial charge on any atom is 0.253 e. The number of amides is 3. The van der Waals surface area contributed by atoms with Gasteiger partial charge in [-0.2, -0.15) is 0 Å². The third-order valence-corrected chi connectivity index (χ3v) is 6.92. The van der Waals surface area contributed by atoms with Crippen LogP contribution in [-0.2, 0) is 13.0 Å². The molecule has 0 aromatic heterocycles. The molecule has 3 aromatic rings. The smallest absolute Gasteiger partial charge is 0.253 e. The maximum atomic E-state index is 13.6. The Morgan fingerprint density at radius 2 is 1.50 bits per heavy atom. The third-order valence-electron chi connectivity index (χ3n) is 6.92. The van der Waals surface area contributed by atoms with E-state index in [-0.39, 0.29) is 29.1 Å². The predicted octanol–water partition coefficient (Wildman–Crippen LogP) is 3.55. The first-order valence-electron chi connectivity index (χ1n) is 14.4. The molecule has 0 radical (unpaired) electrons. The normalized spacial score (nSPS) is 12.3. The highest BCUT2D eigenvalue weighted by molar-refractivity contribution is 6.04. The highest BCUT2D eigenvalue weighted by Crippen LogP contribution is 2.17. The Labute approximate surface area is 248 Å². The Morgan fingerprint density at radius 3 is 2.10 bits per heavy atom. The van der Waals surface area contributed by atoms with Crippen molar-refractivity contribution in [3.63, 3.8) is 0 Å². The minimum Gasteiger partial charge on any atom is -0.497 e. The van der Waals surface area contributed by atoms with Crippen molar-refractivity contribution in [2.75, 3.05) is 26.7 Å². The van der Waals surface area contributed by atoms with Crippen LogP contribution in [0, 0.1) is 0 Å². The van der Waals surface area contributed by atoms with Crippen molar-refractivity contribution >= 4 is 17.7 Å². The number of nitrogens with one attached hydrogen (secondary N) is 2. The van der Waals surface area contributed by atoms with Crippen LogP contribution < -0.4 is 21.1 Å². The molecule has 42 heavy (non-hydrogen) atoms. The molecule has 0 saturated carbocycles. The van der Waals surface area contributed by atoms with Crippen molar-refractivity contribution < 1.29 is 24.2 Å². The number of rotatable bonds is 16. The number of nitrogens with zero attached hydrogens (tertiary/aromatic N) is 1. The van der Waals surface area contributed by atoms with Crippen LogP contribution >= 0.6 is 0 Å². The van der Waals surface area contributed by atoms with Gasteiger partial charge in [0.2, 0.25) is 5.91 Å². The summed E-state index contributed by atoms with van der Waals surface area (Å²) in [7, 11) is 1.59. The number of aliphatic hydroxyl groups excluding tert-OH is 1. The predicted molar refractivity (Wildman–Crippen MR) is 164 cm³/mol. The van der Waals surface area contributed by atoms with Crippen molar-refractivity contribution in [1.82, 2.24) is 15.5 Å². The maximum absolute atomic E-state index is 13.6. The quantitative estimate of drug-likeness (QED) is 0.207. The molecule has 5 N–H and O–H groups in total. The number of primary amides is 1. The summed E-state index contributed by atoms with van der Waals surface area (Å²) in [5.41, 5.74) is 7.93. The van der Waals surface area contributed by atoms with Gasteiger partial charge >= 0.3 is 0 Å². The van der Waals surface area contributed by atoms with Gasteiger partial charge in [0, 0.05) is 42.9 Å². The topological polar surface area (TPSA) is 134 Å². The summed E-state index contributed by atoms with van der Waals surface area (Å²) < 4.78 is 5.25. The molecule has 3 amide bonds. The fourth-order valence-electron chi connectivity index (χ4n) is 4.71. The summed E-state index contributed by atoms with van der Waals surface area (Å²) in [5, 5.41) is 17.4. The van der Waals surface area contributed by atoms with Crippen LogP contribution in [0.2, 0.25) is 0 Å². The molecule has 3 rings (SSSR count). The average Bonchev–Trinajstić information content (AvgIpc) is 3.00. The molecule has 0 fully saturated rings. The van der Waals surface area contributed by atoms with Crippen LogP contribution in [0.4, 0.5) is 0 Å². The molecule has 3 aromatic carbocycles. The molecule has 0 aliphatic rings. The SMILES string of the molecule is CCCN(CCC)C(=O)c1cc(C(N)=O)cc(C(=O)N[C@@H](Cc2ccc(OC)cc2)[C@H](O)CNCc2ccccc2)c1.